The van der Waals surface area contributed by atoms with E-state index >= 15 is 0 Å². The highest BCUT2D eigenvalue weighted by Crippen LogP contribution is 2.29. The SMILES string of the molecule is CC(C)(CNC(=O)NCCC(=O)O)c1ccccc1Br. The fourth-order valence-corrected chi connectivity index (χ4v) is 2.57. The van der Waals surface area contributed by atoms with Crippen molar-refractivity contribution >= 4 is 27.9 Å². The van der Waals surface area contributed by atoms with Crippen molar-refractivity contribution in [2.24, 2.45) is 0 Å². The molecule has 0 heterocycles. The second kappa shape index (κ2) is 7.28. The fraction of sp³-hybridized carbons (Fsp3) is 0.429. The molecule has 0 aromatic heterocycles. The molecule has 0 radical (unpaired) electrons. The van der Waals surface area contributed by atoms with E-state index in [0.29, 0.717) is 6.54 Å². The minimum atomic E-state index is -0.932. The molecule has 110 valence electrons. The minimum absolute atomic E-state index is 0.0823. The Labute approximate surface area is 126 Å². The molecule has 0 aliphatic heterocycles. The predicted octanol–water partition coefficient (Wildman–Crippen LogP) is 2.50. The monoisotopic (exact) mass is 342 g/mol. The second-order valence-corrected chi connectivity index (χ2v) is 5.97. The molecule has 6 heteroatoms. The molecule has 1 rings (SSSR count). The van der Waals surface area contributed by atoms with Crippen LogP contribution in [0.25, 0.3) is 0 Å². The minimum Gasteiger partial charge on any atom is -0.481 e. The van der Waals surface area contributed by atoms with Crippen LogP contribution in [0.4, 0.5) is 4.79 Å². The number of urea groups is 1. The van der Waals surface area contributed by atoms with Crippen molar-refractivity contribution in [1.82, 2.24) is 10.6 Å². The maximum atomic E-state index is 11.6. The summed E-state index contributed by atoms with van der Waals surface area (Å²) in [4.78, 5) is 21.9. The third-order valence-corrected chi connectivity index (χ3v) is 3.61. The number of carbonyl (C=O) groups is 2. The molecular formula is C14H19BrN2O3. The number of benzene rings is 1. The Morgan fingerprint density at radius 2 is 1.90 bits per heavy atom. The Hall–Kier alpha value is -1.56. The van der Waals surface area contributed by atoms with Gasteiger partial charge in [0.05, 0.1) is 6.42 Å². The summed E-state index contributed by atoms with van der Waals surface area (Å²) in [6, 6.07) is 7.51. The molecule has 20 heavy (non-hydrogen) atoms. The number of rotatable bonds is 6. The molecule has 5 nitrogen and oxygen atoms in total. The topological polar surface area (TPSA) is 78.4 Å². The average molecular weight is 343 g/mol. The van der Waals surface area contributed by atoms with Gasteiger partial charge in [0.2, 0.25) is 0 Å². The normalized spacial score (nSPS) is 10.9. The van der Waals surface area contributed by atoms with Crippen molar-refractivity contribution in [3.05, 3.63) is 34.3 Å². The van der Waals surface area contributed by atoms with Crippen molar-refractivity contribution < 1.29 is 14.7 Å². The van der Waals surface area contributed by atoms with Crippen LogP contribution in [-0.2, 0) is 10.2 Å². The van der Waals surface area contributed by atoms with E-state index in [1.807, 2.05) is 38.1 Å². The summed E-state index contributed by atoms with van der Waals surface area (Å²) in [6.07, 6.45) is -0.0823. The van der Waals surface area contributed by atoms with E-state index < -0.39 is 5.97 Å². The summed E-state index contributed by atoms with van der Waals surface area (Å²) in [5.74, 6) is -0.932. The van der Waals surface area contributed by atoms with Crippen LogP contribution in [0.2, 0.25) is 0 Å². The Bertz CT molecular complexity index is 489. The number of aliphatic carboxylic acids is 1. The van der Waals surface area contributed by atoms with Crippen molar-refractivity contribution in [3.63, 3.8) is 0 Å². The molecule has 0 unspecified atom stereocenters. The number of carboxylic acids is 1. The largest absolute Gasteiger partial charge is 0.481 e. The predicted molar refractivity (Wildman–Crippen MR) is 80.8 cm³/mol. The van der Waals surface area contributed by atoms with Gasteiger partial charge in [0.1, 0.15) is 0 Å². The number of carbonyl (C=O) groups excluding carboxylic acids is 1. The van der Waals surface area contributed by atoms with Crippen LogP contribution in [-0.4, -0.2) is 30.2 Å². The van der Waals surface area contributed by atoms with Gasteiger partial charge in [0, 0.05) is 23.0 Å². The summed E-state index contributed by atoms with van der Waals surface area (Å²) < 4.78 is 0.998. The quantitative estimate of drug-likeness (QED) is 0.743. The van der Waals surface area contributed by atoms with Crippen LogP contribution in [0.5, 0.6) is 0 Å². The van der Waals surface area contributed by atoms with Crippen LogP contribution in [0, 0.1) is 0 Å². The molecule has 1 aromatic rings. The molecule has 3 N–H and O–H groups in total. The lowest BCUT2D eigenvalue weighted by Crippen LogP contribution is -2.42. The van der Waals surface area contributed by atoms with Crippen molar-refractivity contribution in [1.29, 1.82) is 0 Å². The third-order valence-electron chi connectivity index (χ3n) is 2.92. The molecule has 1 aromatic carbocycles. The summed E-state index contributed by atoms with van der Waals surface area (Å²) in [6.45, 7) is 4.64. The molecule has 0 spiro atoms. The first-order valence-corrected chi connectivity index (χ1v) is 7.11. The molecule has 0 fully saturated rings. The maximum absolute atomic E-state index is 11.6. The third kappa shape index (κ3) is 5.21. The van der Waals surface area contributed by atoms with Crippen LogP contribution in [0.1, 0.15) is 25.8 Å². The van der Waals surface area contributed by atoms with Crippen molar-refractivity contribution in [2.45, 2.75) is 25.7 Å². The van der Waals surface area contributed by atoms with E-state index in [0.717, 1.165) is 10.0 Å². The van der Waals surface area contributed by atoms with E-state index in [1.165, 1.54) is 0 Å². The Balaban J connectivity index is 2.49. The highest BCUT2D eigenvalue weighted by Gasteiger charge is 2.23. The van der Waals surface area contributed by atoms with Crippen LogP contribution >= 0.6 is 15.9 Å². The van der Waals surface area contributed by atoms with Crippen LogP contribution in [0.15, 0.2) is 28.7 Å². The Morgan fingerprint density at radius 3 is 2.50 bits per heavy atom. The van der Waals surface area contributed by atoms with E-state index in [9.17, 15) is 9.59 Å². The van der Waals surface area contributed by atoms with E-state index in [-0.39, 0.29) is 24.4 Å². The number of carboxylic acid groups (broad SMARTS) is 1. The number of hydrogen-bond acceptors (Lipinski definition) is 2. The average Bonchev–Trinajstić information content (AvgIpc) is 2.36. The van der Waals surface area contributed by atoms with Crippen molar-refractivity contribution in [2.75, 3.05) is 13.1 Å². The highest BCUT2D eigenvalue weighted by atomic mass is 79.9. The number of amides is 2. The zero-order valence-electron chi connectivity index (χ0n) is 11.6. The van der Waals surface area contributed by atoms with E-state index in [4.69, 9.17) is 5.11 Å². The summed E-state index contributed by atoms with van der Waals surface area (Å²) >= 11 is 3.50. The van der Waals surface area contributed by atoms with Crippen LogP contribution < -0.4 is 10.6 Å². The first-order valence-electron chi connectivity index (χ1n) is 6.31. The first kappa shape index (κ1) is 16.5. The summed E-state index contributed by atoms with van der Waals surface area (Å²) in [7, 11) is 0. The standard InChI is InChI=1S/C14H19BrN2O3/c1-14(2,10-5-3-4-6-11(10)15)9-17-13(20)16-8-7-12(18)19/h3-6H,7-9H2,1-2H3,(H,18,19)(H2,16,17,20). The lowest BCUT2D eigenvalue weighted by molar-refractivity contribution is -0.136. The Kier molecular flexibility index (Phi) is 6.01. The zero-order chi connectivity index (χ0) is 15.2. The van der Waals surface area contributed by atoms with Gasteiger partial charge in [-0.2, -0.15) is 0 Å². The molecule has 0 atom stereocenters. The maximum Gasteiger partial charge on any atom is 0.314 e. The number of nitrogens with one attached hydrogen (secondary N) is 2. The van der Waals surface area contributed by atoms with Gasteiger partial charge < -0.3 is 15.7 Å². The summed E-state index contributed by atoms with van der Waals surface area (Å²) in [5, 5.41) is 13.8. The second-order valence-electron chi connectivity index (χ2n) is 5.12. The molecule has 0 saturated carbocycles. The van der Waals surface area contributed by atoms with E-state index in [1.54, 1.807) is 0 Å². The summed E-state index contributed by atoms with van der Waals surface area (Å²) in [5.41, 5.74) is 0.871. The van der Waals surface area contributed by atoms with Gasteiger partial charge in [-0.15, -0.1) is 0 Å². The number of hydrogen-bond donors (Lipinski definition) is 3. The molecular weight excluding hydrogens is 324 g/mol. The molecule has 0 aliphatic rings. The van der Waals surface area contributed by atoms with Crippen LogP contribution in [0.3, 0.4) is 0 Å². The van der Waals surface area contributed by atoms with Gasteiger partial charge in [-0.05, 0) is 11.6 Å². The zero-order valence-corrected chi connectivity index (χ0v) is 13.2. The molecule has 0 bridgehead atoms. The first-order chi connectivity index (χ1) is 9.33. The van der Waals surface area contributed by atoms with Gasteiger partial charge in [0.15, 0.2) is 0 Å². The molecule has 0 aliphatic carbocycles. The fourth-order valence-electron chi connectivity index (χ4n) is 1.75. The lowest BCUT2D eigenvalue weighted by atomic mass is 9.84. The smallest absolute Gasteiger partial charge is 0.314 e. The van der Waals surface area contributed by atoms with Gasteiger partial charge in [-0.1, -0.05) is 48.0 Å². The van der Waals surface area contributed by atoms with Gasteiger partial charge in [0.25, 0.3) is 0 Å². The number of halogens is 1. The highest BCUT2D eigenvalue weighted by molar-refractivity contribution is 9.10. The Morgan fingerprint density at radius 1 is 1.25 bits per heavy atom. The lowest BCUT2D eigenvalue weighted by Gasteiger charge is -2.26. The van der Waals surface area contributed by atoms with Gasteiger partial charge >= 0.3 is 12.0 Å². The van der Waals surface area contributed by atoms with Crippen molar-refractivity contribution in [3.8, 4) is 0 Å². The van der Waals surface area contributed by atoms with Gasteiger partial charge in [-0.3, -0.25) is 4.79 Å². The molecule has 2 amide bonds. The van der Waals surface area contributed by atoms with Gasteiger partial charge in [-0.25, -0.2) is 4.79 Å². The molecule has 0 saturated heterocycles. The van der Waals surface area contributed by atoms with E-state index in [2.05, 4.69) is 26.6 Å².